The van der Waals surface area contributed by atoms with Crippen molar-refractivity contribution in [2.24, 2.45) is 5.92 Å². The van der Waals surface area contributed by atoms with Crippen LogP contribution in [0.4, 0.5) is 13.2 Å². The van der Waals surface area contributed by atoms with Gasteiger partial charge in [0, 0.05) is 12.1 Å². The van der Waals surface area contributed by atoms with Crippen LogP contribution in [-0.2, 0) is 6.54 Å². The third-order valence-corrected chi connectivity index (χ3v) is 4.26. The van der Waals surface area contributed by atoms with Gasteiger partial charge >= 0.3 is 0 Å². The van der Waals surface area contributed by atoms with E-state index in [4.69, 9.17) is 4.74 Å². The lowest BCUT2D eigenvalue weighted by atomic mass is 10.0. The molecular weight excluding hydrogens is 347 g/mol. The summed E-state index contributed by atoms with van der Waals surface area (Å²) < 4.78 is 47.5. The summed E-state index contributed by atoms with van der Waals surface area (Å²) in [6.45, 7) is 5.71. The van der Waals surface area contributed by atoms with Crippen molar-refractivity contribution in [2.45, 2.75) is 45.9 Å². The summed E-state index contributed by atoms with van der Waals surface area (Å²) in [6, 6.07) is 3.79. The van der Waals surface area contributed by atoms with Crippen molar-refractivity contribution < 1.29 is 22.7 Å². The summed E-state index contributed by atoms with van der Waals surface area (Å²) in [5, 5.41) is 6.61. The molecule has 0 saturated carbocycles. The van der Waals surface area contributed by atoms with Gasteiger partial charge in [-0.05, 0) is 18.9 Å². The zero-order valence-electron chi connectivity index (χ0n) is 14.7. The van der Waals surface area contributed by atoms with Crippen molar-refractivity contribution in [1.82, 2.24) is 15.1 Å². The predicted octanol–water partition coefficient (Wildman–Crippen LogP) is 3.87. The van der Waals surface area contributed by atoms with Crippen molar-refractivity contribution in [3.05, 3.63) is 47.0 Å². The van der Waals surface area contributed by atoms with Crippen LogP contribution in [0.3, 0.4) is 0 Å². The molecule has 1 aliphatic rings. The molecule has 2 atom stereocenters. The lowest BCUT2D eigenvalue weighted by molar-refractivity contribution is 0.0890. The van der Waals surface area contributed by atoms with Crippen LogP contribution in [0.25, 0.3) is 0 Å². The molecule has 0 radical (unpaired) electrons. The number of hydrogen-bond donors (Lipinski definition) is 1. The second-order valence-corrected chi connectivity index (χ2v) is 6.75. The van der Waals surface area contributed by atoms with E-state index in [-0.39, 0.29) is 23.8 Å². The molecule has 1 amide bonds. The number of carbonyl (C=O) groups excluding carboxylic acids is 1. The Kier molecular flexibility index (Phi) is 4.93. The zero-order valence-corrected chi connectivity index (χ0v) is 14.7. The SMILES string of the molecule is CC(C)Cn1ncc(C(=O)N[C@H]2c3cccc(F)c3O[C@H]2C)c1C(F)F. The average molecular weight is 367 g/mol. The number of alkyl halides is 2. The Hall–Kier alpha value is -2.51. The van der Waals surface area contributed by atoms with Gasteiger partial charge in [-0.1, -0.05) is 26.0 Å². The Morgan fingerprint density at radius 3 is 2.77 bits per heavy atom. The van der Waals surface area contributed by atoms with Gasteiger partial charge in [-0.3, -0.25) is 9.48 Å². The van der Waals surface area contributed by atoms with Crippen LogP contribution in [0.2, 0.25) is 0 Å². The molecular formula is C18H20F3N3O2. The minimum absolute atomic E-state index is 0.0786. The van der Waals surface area contributed by atoms with Crippen molar-refractivity contribution in [1.29, 1.82) is 0 Å². The normalized spacial score (nSPS) is 18.9. The zero-order chi connectivity index (χ0) is 19.0. The van der Waals surface area contributed by atoms with E-state index in [2.05, 4.69) is 10.4 Å². The van der Waals surface area contributed by atoms with Crippen LogP contribution in [0, 0.1) is 11.7 Å². The summed E-state index contributed by atoms with van der Waals surface area (Å²) in [6.07, 6.45) is -2.21. The topological polar surface area (TPSA) is 56.2 Å². The molecule has 0 unspecified atom stereocenters. The van der Waals surface area contributed by atoms with Gasteiger partial charge in [-0.25, -0.2) is 13.2 Å². The molecule has 0 saturated heterocycles. The maximum atomic E-state index is 13.8. The van der Waals surface area contributed by atoms with E-state index in [1.54, 1.807) is 13.0 Å². The third-order valence-electron chi connectivity index (χ3n) is 4.26. The Balaban J connectivity index is 1.88. The van der Waals surface area contributed by atoms with Crippen LogP contribution < -0.4 is 10.1 Å². The predicted molar refractivity (Wildman–Crippen MR) is 88.7 cm³/mol. The number of carbonyl (C=O) groups is 1. The molecule has 140 valence electrons. The highest BCUT2D eigenvalue weighted by molar-refractivity contribution is 5.95. The Bertz CT molecular complexity index is 820. The highest BCUT2D eigenvalue weighted by atomic mass is 19.3. The molecule has 1 aromatic heterocycles. The van der Waals surface area contributed by atoms with Gasteiger partial charge in [-0.2, -0.15) is 5.10 Å². The number of amides is 1. The maximum Gasteiger partial charge on any atom is 0.280 e. The third kappa shape index (κ3) is 3.27. The number of nitrogens with one attached hydrogen (secondary N) is 1. The van der Waals surface area contributed by atoms with Gasteiger partial charge in [-0.15, -0.1) is 0 Å². The van der Waals surface area contributed by atoms with Gasteiger partial charge in [0.1, 0.15) is 11.8 Å². The number of ether oxygens (including phenoxy) is 1. The molecule has 1 aromatic carbocycles. The molecule has 2 heterocycles. The van der Waals surface area contributed by atoms with Crippen molar-refractivity contribution in [3.63, 3.8) is 0 Å². The Morgan fingerprint density at radius 1 is 1.38 bits per heavy atom. The molecule has 2 aromatic rings. The van der Waals surface area contributed by atoms with Gasteiger partial charge in [0.05, 0.1) is 17.8 Å². The number of halogens is 3. The number of para-hydroxylation sites is 1. The lowest BCUT2D eigenvalue weighted by Gasteiger charge is -2.17. The molecule has 0 aliphatic carbocycles. The highest BCUT2D eigenvalue weighted by Crippen LogP contribution is 2.38. The standard InChI is InChI=1S/C18H20F3N3O2/c1-9(2)8-24-15(17(20)21)12(7-22-24)18(25)23-14-10(3)26-16-11(14)5-4-6-13(16)19/h4-7,9-10,14,17H,8H2,1-3H3,(H,23,25)/t10-,14+/m0/s1. The second-order valence-electron chi connectivity index (χ2n) is 6.75. The van der Waals surface area contributed by atoms with E-state index in [1.807, 2.05) is 13.8 Å². The molecule has 1 aliphatic heterocycles. The van der Waals surface area contributed by atoms with Crippen LogP contribution >= 0.6 is 0 Å². The smallest absolute Gasteiger partial charge is 0.280 e. The number of fused-ring (bicyclic) bond motifs is 1. The lowest BCUT2D eigenvalue weighted by Crippen LogP contribution is -2.34. The quantitative estimate of drug-likeness (QED) is 0.873. The van der Waals surface area contributed by atoms with E-state index in [1.165, 1.54) is 12.1 Å². The van der Waals surface area contributed by atoms with E-state index >= 15 is 0 Å². The van der Waals surface area contributed by atoms with Crippen molar-refractivity contribution >= 4 is 5.91 Å². The van der Waals surface area contributed by atoms with Gasteiger partial charge < -0.3 is 10.1 Å². The summed E-state index contributed by atoms with van der Waals surface area (Å²) in [4.78, 5) is 12.6. The van der Waals surface area contributed by atoms with E-state index < -0.39 is 36.0 Å². The molecule has 1 N–H and O–H groups in total. The minimum Gasteiger partial charge on any atom is -0.485 e. The summed E-state index contributed by atoms with van der Waals surface area (Å²) in [7, 11) is 0. The first kappa shape index (κ1) is 18.3. The van der Waals surface area contributed by atoms with Crippen LogP contribution in [-0.4, -0.2) is 21.8 Å². The first-order valence-electron chi connectivity index (χ1n) is 8.39. The number of nitrogens with zero attached hydrogens (tertiary/aromatic N) is 2. The van der Waals surface area contributed by atoms with Gasteiger partial charge in [0.15, 0.2) is 11.6 Å². The van der Waals surface area contributed by atoms with Crippen LogP contribution in [0.15, 0.2) is 24.4 Å². The van der Waals surface area contributed by atoms with Crippen molar-refractivity contribution in [3.8, 4) is 5.75 Å². The minimum atomic E-state index is -2.83. The number of aromatic nitrogens is 2. The van der Waals surface area contributed by atoms with Gasteiger partial charge in [0.2, 0.25) is 0 Å². The molecule has 26 heavy (non-hydrogen) atoms. The molecule has 0 spiro atoms. The second kappa shape index (κ2) is 7.01. The van der Waals surface area contributed by atoms with E-state index in [9.17, 15) is 18.0 Å². The highest BCUT2D eigenvalue weighted by Gasteiger charge is 2.35. The molecule has 0 bridgehead atoms. The van der Waals surface area contributed by atoms with Crippen molar-refractivity contribution in [2.75, 3.05) is 0 Å². The first-order valence-corrected chi connectivity index (χ1v) is 8.39. The molecule has 8 heteroatoms. The molecule has 0 fully saturated rings. The first-order chi connectivity index (χ1) is 12.3. The Morgan fingerprint density at radius 2 is 2.12 bits per heavy atom. The average Bonchev–Trinajstić information content (AvgIpc) is 3.10. The number of benzene rings is 1. The van der Waals surface area contributed by atoms with Gasteiger partial charge in [0.25, 0.3) is 12.3 Å². The molecule has 3 rings (SSSR count). The fourth-order valence-electron chi connectivity index (χ4n) is 3.11. The molecule has 5 nitrogen and oxygen atoms in total. The number of hydrogen-bond acceptors (Lipinski definition) is 3. The monoisotopic (exact) mass is 367 g/mol. The fraction of sp³-hybridized carbons (Fsp3) is 0.444. The van der Waals surface area contributed by atoms with Crippen LogP contribution in [0.5, 0.6) is 5.75 Å². The summed E-state index contributed by atoms with van der Waals surface area (Å²) >= 11 is 0. The summed E-state index contributed by atoms with van der Waals surface area (Å²) in [5.41, 5.74) is -0.112. The maximum absolute atomic E-state index is 13.8. The van der Waals surface area contributed by atoms with Crippen LogP contribution in [0.1, 0.15) is 54.9 Å². The van der Waals surface area contributed by atoms with E-state index in [0.717, 1.165) is 10.9 Å². The van der Waals surface area contributed by atoms with E-state index in [0.29, 0.717) is 5.56 Å². The summed E-state index contributed by atoms with van der Waals surface area (Å²) in [5.74, 6) is -1.03. The fourth-order valence-corrected chi connectivity index (χ4v) is 3.11. The Labute approximate surface area is 149 Å². The number of rotatable bonds is 5. The largest absolute Gasteiger partial charge is 0.485 e.